The van der Waals surface area contributed by atoms with Crippen molar-refractivity contribution in [1.82, 2.24) is 10.2 Å². The maximum Gasteiger partial charge on any atom is 0.240 e. The molecule has 27 heavy (non-hydrogen) atoms. The number of amides is 3. The second-order valence-electron chi connectivity index (χ2n) is 7.70. The predicted octanol–water partition coefficient (Wildman–Crippen LogP) is 0.438. The molecule has 5 rings (SSSR count). The molecule has 1 aromatic rings. The third-order valence-electron chi connectivity index (χ3n) is 6.21. The van der Waals surface area contributed by atoms with Crippen LogP contribution >= 0.6 is 0 Å². The molecule has 2 aliphatic heterocycles. The minimum atomic E-state index is -3.44. The Morgan fingerprint density at radius 2 is 1.70 bits per heavy atom. The van der Waals surface area contributed by atoms with Crippen molar-refractivity contribution in [1.29, 1.82) is 0 Å². The summed E-state index contributed by atoms with van der Waals surface area (Å²) in [5.41, 5.74) is 0.545. The lowest BCUT2D eigenvalue weighted by atomic mass is 9.85. The molecule has 2 aliphatic carbocycles. The Morgan fingerprint density at radius 3 is 2.37 bits per heavy atom. The molecule has 0 radical (unpaired) electrons. The van der Waals surface area contributed by atoms with E-state index in [1.165, 1.54) is 6.07 Å². The SMILES string of the molecule is O=C(CN1C(=O)[C@H]2[C@@H]3C=CC(C3)[C@H]2C1=O)N[C@@H]1CS(=O)(=O)c2ccccc21. The summed E-state index contributed by atoms with van der Waals surface area (Å²) in [6.45, 7) is -0.358. The number of benzene rings is 1. The van der Waals surface area contributed by atoms with Gasteiger partial charge in [0.1, 0.15) is 6.54 Å². The van der Waals surface area contributed by atoms with Crippen molar-refractivity contribution in [3.05, 3.63) is 42.0 Å². The van der Waals surface area contributed by atoms with Gasteiger partial charge in [0.25, 0.3) is 0 Å². The second-order valence-corrected chi connectivity index (χ2v) is 9.70. The number of fused-ring (bicyclic) bond motifs is 6. The number of nitrogens with one attached hydrogen (secondary N) is 1. The summed E-state index contributed by atoms with van der Waals surface area (Å²) in [5.74, 6) is -1.78. The first-order chi connectivity index (χ1) is 12.9. The molecule has 1 N–H and O–H groups in total. The van der Waals surface area contributed by atoms with Crippen LogP contribution in [0.15, 0.2) is 41.3 Å². The van der Waals surface area contributed by atoms with Crippen LogP contribution in [-0.4, -0.2) is 43.3 Å². The molecule has 1 aromatic carbocycles. The standard InChI is InChI=1S/C19H18N2O5S/c22-15(20-13-9-27(25,26)14-4-2-1-3-12(13)14)8-21-18(23)16-10-5-6-11(7-10)17(16)19(21)24/h1-6,10-11,13,16-17H,7-9H2,(H,20,22)/t10-,11?,13-,16+,17-/m1/s1. The molecule has 1 saturated heterocycles. The average Bonchev–Trinajstić information content (AvgIpc) is 3.35. The molecular formula is C19H18N2O5S. The Morgan fingerprint density at radius 1 is 1.07 bits per heavy atom. The summed E-state index contributed by atoms with van der Waals surface area (Å²) in [6.07, 6.45) is 4.84. The number of allylic oxidation sites excluding steroid dienone is 2. The van der Waals surface area contributed by atoms with Gasteiger partial charge in [0.15, 0.2) is 9.84 Å². The van der Waals surface area contributed by atoms with Gasteiger partial charge in [0.05, 0.1) is 28.5 Å². The number of hydrogen-bond donors (Lipinski definition) is 1. The molecule has 8 heteroatoms. The largest absolute Gasteiger partial charge is 0.347 e. The molecule has 3 amide bonds. The molecule has 5 atom stereocenters. The molecule has 7 nitrogen and oxygen atoms in total. The Bertz CT molecular complexity index is 985. The van der Waals surface area contributed by atoms with Gasteiger partial charge in [-0.15, -0.1) is 0 Å². The Hall–Kier alpha value is -2.48. The lowest BCUT2D eigenvalue weighted by Crippen LogP contribution is -2.43. The minimum absolute atomic E-state index is 0.0939. The van der Waals surface area contributed by atoms with Crippen LogP contribution in [0.25, 0.3) is 0 Å². The summed E-state index contributed by atoms with van der Waals surface area (Å²) in [7, 11) is -3.44. The van der Waals surface area contributed by atoms with E-state index in [0.717, 1.165) is 11.3 Å². The summed E-state index contributed by atoms with van der Waals surface area (Å²) in [6, 6.07) is 5.89. The van der Waals surface area contributed by atoms with Crippen LogP contribution in [0.2, 0.25) is 0 Å². The number of likely N-dealkylation sites (tertiary alicyclic amines) is 1. The normalized spacial score (nSPS) is 34.8. The number of carbonyl (C=O) groups excluding carboxylic acids is 3. The maximum absolute atomic E-state index is 12.7. The smallest absolute Gasteiger partial charge is 0.240 e. The molecular weight excluding hydrogens is 368 g/mol. The molecule has 4 aliphatic rings. The van der Waals surface area contributed by atoms with Crippen molar-refractivity contribution in [2.75, 3.05) is 12.3 Å². The van der Waals surface area contributed by atoms with Crippen LogP contribution in [0, 0.1) is 23.7 Å². The number of imide groups is 1. The van der Waals surface area contributed by atoms with E-state index in [1.807, 2.05) is 12.2 Å². The molecule has 0 aromatic heterocycles. The first kappa shape index (κ1) is 16.7. The van der Waals surface area contributed by atoms with E-state index in [0.29, 0.717) is 5.56 Å². The van der Waals surface area contributed by atoms with Crippen molar-refractivity contribution in [3.8, 4) is 0 Å². The molecule has 2 fully saturated rings. The van der Waals surface area contributed by atoms with Crippen LogP contribution in [-0.2, 0) is 24.2 Å². The van der Waals surface area contributed by atoms with Gasteiger partial charge in [0.2, 0.25) is 17.7 Å². The molecule has 1 unspecified atom stereocenters. The van der Waals surface area contributed by atoms with Crippen LogP contribution in [0.4, 0.5) is 0 Å². The number of sulfone groups is 1. The van der Waals surface area contributed by atoms with E-state index in [9.17, 15) is 22.8 Å². The zero-order valence-corrected chi connectivity index (χ0v) is 15.2. The monoisotopic (exact) mass is 386 g/mol. The molecule has 140 valence electrons. The van der Waals surface area contributed by atoms with Crippen molar-refractivity contribution in [2.24, 2.45) is 23.7 Å². The van der Waals surface area contributed by atoms with Gasteiger partial charge in [-0.25, -0.2) is 8.42 Å². The Labute approximate surface area is 156 Å². The lowest BCUT2D eigenvalue weighted by Gasteiger charge is -2.19. The molecule has 2 bridgehead atoms. The Kier molecular flexibility index (Phi) is 3.40. The van der Waals surface area contributed by atoms with Crippen LogP contribution in [0.5, 0.6) is 0 Å². The molecule has 0 spiro atoms. The quantitative estimate of drug-likeness (QED) is 0.600. The topological polar surface area (TPSA) is 101 Å². The highest BCUT2D eigenvalue weighted by molar-refractivity contribution is 7.91. The summed E-state index contributed by atoms with van der Waals surface area (Å²) in [5, 5.41) is 2.68. The fourth-order valence-electron chi connectivity index (χ4n) is 5.07. The van der Waals surface area contributed by atoms with E-state index in [1.54, 1.807) is 18.2 Å². The average molecular weight is 386 g/mol. The van der Waals surface area contributed by atoms with Crippen LogP contribution in [0.1, 0.15) is 18.0 Å². The van der Waals surface area contributed by atoms with Crippen molar-refractivity contribution in [2.45, 2.75) is 17.4 Å². The third kappa shape index (κ3) is 2.32. The van der Waals surface area contributed by atoms with Gasteiger partial charge in [-0.1, -0.05) is 30.4 Å². The summed E-state index contributed by atoms with van der Waals surface area (Å²) >= 11 is 0. The molecule has 1 saturated carbocycles. The fourth-order valence-corrected chi connectivity index (χ4v) is 6.81. The van der Waals surface area contributed by atoms with Crippen molar-refractivity contribution < 1.29 is 22.8 Å². The zero-order valence-electron chi connectivity index (χ0n) is 14.4. The predicted molar refractivity (Wildman–Crippen MR) is 93.8 cm³/mol. The number of nitrogens with zero attached hydrogens (tertiary/aromatic N) is 1. The minimum Gasteiger partial charge on any atom is -0.347 e. The van der Waals surface area contributed by atoms with Gasteiger partial charge in [-0.3, -0.25) is 19.3 Å². The highest BCUT2D eigenvalue weighted by atomic mass is 32.2. The lowest BCUT2D eigenvalue weighted by molar-refractivity contribution is -0.144. The van der Waals surface area contributed by atoms with E-state index in [4.69, 9.17) is 0 Å². The van der Waals surface area contributed by atoms with Crippen molar-refractivity contribution in [3.63, 3.8) is 0 Å². The van der Waals surface area contributed by atoms with Gasteiger partial charge in [-0.05, 0) is 29.9 Å². The maximum atomic E-state index is 12.7. The van der Waals surface area contributed by atoms with Crippen molar-refractivity contribution >= 4 is 27.6 Å². The van der Waals surface area contributed by atoms with Gasteiger partial charge >= 0.3 is 0 Å². The van der Waals surface area contributed by atoms with Gasteiger partial charge < -0.3 is 5.32 Å². The Balaban J connectivity index is 1.31. The van der Waals surface area contributed by atoms with Gasteiger partial charge in [0, 0.05) is 0 Å². The number of rotatable bonds is 3. The summed E-state index contributed by atoms with van der Waals surface area (Å²) < 4.78 is 24.5. The van der Waals surface area contributed by atoms with E-state index in [2.05, 4.69) is 5.32 Å². The first-order valence-electron chi connectivity index (χ1n) is 9.01. The van der Waals surface area contributed by atoms with E-state index in [-0.39, 0.29) is 52.7 Å². The van der Waals surface area contributed by atoms with E-state index >= 15 is 0 Å². The van der Waals surface area contributed by atoms with Crippen LogP contribution < -0.4 is 5.32 Å². The highest BCUT2D eigenvalue weighted by Gasteiger charge is 2.59. The number of carbonyl (C=O) groups is 3. The second kappa shape index (κ2) is 5.51. The summed E-state index contributed by atoms with van der Waals surface area (Å²) in [4.78, 5) is 39.1. The first-order valence-corrected chi connectivity index (χ1v) is 10.7. The highest BCUT2D eigenvalue weighted by Crippen LogP contribution is 2.52. The van der Waals surface area contributed by atoms with Crippen LogP contribution in [0.3, 0.4) is 0 Å². The fraction of sp³-hybridized carbons (Fsp3) is 0.421. The van der Waals surface area contributed by atoms with Gasteiger partial charge in [-0.2, -0.15) is 0 Å². The van der Waals surface area contributed by atoms with E-state index < -0.39 is 21.8 Å². The number of hydrogen-bond acceptors (Lipinski definition) is 5. The zero-order chi connectivity index (χ0) is 18.9. The third-order valence-corrected chi connectivity index (χ3v) is 8.03. The molecule has 2 heterocycles.